The number of amidine groups is 1. The van der Waals surface area contributed by atoms with Crippen molar-refractivity contribution in [2.45, 2.75) is 6.04 Å². The van der Waals surface area contributed by atoms with Crippen LogP contribution >= 0.6 is 15.9 Å². The van der Waals surface area contributed by atoms with Crippen LogP contribution in [0.2, 0.25) is 0 Å². The van der Waals surface area contributed by atoms with Crippen LogP contribution in [-0.2, 0) is 0 Å². The lowest BCUT2D eigenvalue weighted by Gasteiger charge is -2.32. The van der Waals surface area contributed by atoms with Crippen molar-refractivity contribution in [2.24, 2.45) is 20.9 Å². The van der Waals surface area contributed by atoms with E-state index in [2.05, 4.69) is 31.2 Å². The SMILES string of the molecule is CNC1=CC2N=CN(C)C(=Nc3cccc(Br)c3)C2C=N1. The molecule has 0 spiro atoms. The molecule has 1 aromatic carbocycles. The largest absolute Gasteiger partial charge is 0.373 e. The van der Waals surface area contributed by atoms with Crippen LogP contribution in [0.3, 0.4) is 0 Å². The van der Waals surface area contributed by atoms with Gasteiger partial charge in [0.15, 0.2) is 0 Å². The summed E-state index contributed by atoms with van der Waals surface area (Å²) in [6, 6.07) is 8.00. The molecular formula is C15H16BrN5. The average Bonchev–Trinajstić information content (AvgIpc) is 2.50. The molecule has 0 radical (unpaired) electrons. The van der Waals surface area contributed by atoms with Gasteiger partial charge >= 0.3 is 0 Å². The van der Waals surface area contributed by atoms with Crippen LogP contribution in [-0.4, -0.2) is 43.4 Å². The molecule has 2 atom stereocenters. The maximum atomic E-state index is 4.78. The zero-order valence-corrected chi connectivity index (χ0v) is 13.4. The van der Waals surface area contributed by atoms with E-state index in [0.29, 0.717) is 0 Å². The van der Waals surface area contributed by atoms with E-state index in [1.165, 1.54) is 0 Å². The topological polar surface area (TPSA) is 52.4 Å². The van der Waals surface area contributed by atoms with E-state index >= 15 is 0 Å². The van der Waals surface area contributed by atoms with Crippen molar-refractivity contribution in [2.75, 3.05) is 14.1 Å². The van der Waals surface area contributed by atoms with Crippen LogP contribution in [0, 0.1) is 5.92 Å². The second-order valence-corrected chi connectivity index (χ2v) is 5.84. The van der Waals surface area contributed by atoms with Crippen LogP contribution in [0.5, 0.6) is 0 Å². The Bertz CT molecular complexity index is 662. The third-order valence-electron chi connectivity index (χ3n) is 3.45. The highest BCUT2D eigenvalue weighted by molar-refractivity contribution is 9.10. The molecule has 2 aliphatic heterocycles. The predicted molar refractivity (Wildman–Crippen MR) is 90.4 cm³/mol. The highest BCUT2D eigenvalue weighted by atomic mass is 79.9. The van der Waals surface area contributed by atoms with Crippen LogP contribution < -0.4 is 5.32 Å². The molecule has 2 heterocycles. The van der Waals surface area contributed by atoms with E-state index in [1.807, 2.05) is 61.9 Å². The Balaban J connectivity index is 1.97. The molecule has 6 heteroatoms. The van der Waals surface area contributed by atoms with Gasteiger partial charge in [-0.15, -0.1) is 0 Å². The number of halogens is 1. The number of benzene rings is 1. The van der Waals surface area contributed by atoms with Crippen molar-refractivity contribution >= 4 is 40.0 Å². The van der Waals surface area contributed by atoms with Gasteiger partial charge < -0.3 is 10.2 Å². The van der Waals surface area contributed by atoms with Gasteiger partial charge in [0.2, 0.25) is 0 Å². The highest BCUT2D eigenvalue weighted by Gasteiger charge is 2.31. The third-order valence-corrected chi connectivity index (χ3v) is 3.94. The standard InChI is InChI=1S/C15H16BrN5/c1-17-14-7-13-12(8-18-14)15(21(2)9-19-13)20-11-5-3-4-10(16)6-11/h3-9,12-13,17H,1-2H3. The normalized spacial score (nSPS) is 25.8. The quantitative estimate of drug-likeness (QED) is 0.895. The Morgan fingerprint density at radius 2 is 2.24 bits per heavy atom. The van der Waals surface area contributed by atoms with Crippen LogP contribution in [0.15, 0.2) is 55.6 Å². The molecule has 2 aliphatic rings. The molecule has 21 heavy (non-hydrogen) atoms. The minimum absolute atomic E-state index is 0.0482. The summed E-state index contributed by atoms with van der Waals surface area (Å²) in [5.74, 6) is 1.86. The number of hydrogen-bond acceptors (Lipinski definition) is 4. The molecule has 0 bridgehead atoms. The minimum Gasteiger partial charge on any atom is -0.373 e. The first-order valence-corrected chi connectivity index (χ1v) is 7.51. The van der Waals surface area contributed by atoms with Gasteiger partial charge in [0.25, 0.3) is 0 Å². The molecule has 1 N–H and O–H groups in total. The van der Waals surface area contributed by atoms with E-state index in [0.717, 1.165) is 21.8 Å². The second-order valence-electron chi connectivity index (χ2n) is 4.92. The lowest BCUT2D eigenvalue weighted by molar-refractivity contribution is 0.612. The molecule has 2 unspecified atom stereocenters. The minimum atomic E-state index is 0.0482. The van der Waals surface area contributed by atoms with Crippen LogP contribution in [0.4, 0.5) is 5.69 Å². The summed E-state index contributed by atoms with van der Waals surface area (Å²) in [5.41, 5.74) is 0.914. The summed E-state index contributed by atoms with van der Waals surface area (Å²) in [6.07, 6.45) is 5.77. The summed E-state index contributed by atoms with van der Waals surface area (Å²) in [7, 11) is 3.82. The fourth-order valence-corrected chi connectivity index (χ4v) is 2.75. The van der Waals surface area contributed by atoms with Gasteiger partial charge in [-0.25, -0.2) is 9.98 Å². The first-order valence-electron chi connectivity index (χ1n) is 6.71. The molecular weight excluding hydrogens is 330 g/mol. The van der Waals surface area contributed by atoms with Crippen molar-refractivity contribution in [3.63, 3.8) is 0 Å². The third kappa shape index (κ3) is 2.90. The van der Waals surface area contributed by atoms with Gasteiger partial charge in [-0.2, -0.15) is 0 Å². The molecule has 0 saturated carbocycles. The number of rotatable bonds is 2. The van der Waals surface area contributed by atoms with Gasteiger partial charge in [0.05, 0.1) is 24.0 Å². The molecule has 0 fully saturated rings. The van der Waals surface area contributed by atoms with Crippen molar-refractivity contribution in [1.29, 1.82) is 0 Å². The van der Waals surface area contributed by atoms with Gasteiger partial charge in [-0.05, 0) is 24.3 Å². The van der Waals surface area contributed by atoms with Crippen LogP contribution in [0.1, 0.15) is 0 Å². The van der Waals surface area contributed by atoms with E-state index in [-0.39, 0.29) is 12.0 Å². The molecule has 108 valence electrons. The average molecular weight is 346 g/mol. The molecule has 5 nitrogen and oxygen atoms in total. The first kappa shape index (κ1) is 14.0. The molecule has 0 amide bonds. The van der Waals surface area contributed by atoms with E-state index < -0.39 is 0 Å². The van der Waals surface area contributed by atoms with Crippen molar-refractivity contribution in [3.8, 4) is 0 Å². The van der Waals surface area contributed by atoms with Gasteiger partial charge in [-0.1, -0.05) is 22.0 Å². The number of fused-ring (bicyclic) bond motifs is 1. The van der Waals surface area contributed by atoms with E-state index in [1.54, 1.807) is 0 Å². The lowest BCUT2D eigenvalue weighted by atomic mass is 9.96. The lowest BCUT2D eigenvalue weighted by Crippen LogP contribution is -2.43. The number of nitrogens with zero attached hydrogens (tertiary/aromatic N) is 4. The molecule has 1 aromatic rings. The fourth-order valence-electron chi connectivity index (χ4n) is 2.36. The van der Waals surface area contributed by atoms with Gasteiger partial charge in [0, 0.05) is 24.8 Å². The molecule has 0 aliphatic carbocycles. The molecule has 0 saturated heterocycles. The first-order chi connectivity index (χ1) is 10.2. The number of nitrogens with one attached hydrogen (secondary N) is 1. The van der Waals surface area contributed by atoms with Gasteiger partial charge in [0.1, 0.15) is 11.7 Å². The maximum absolute atomic E-state index is 4.78. The number of hydrogen-bond donors (Lipinski definition) is 1. The van der Waals surface area contributed by atoms with E-state index in [4.69, 9.17) is 4.99 Å². The Kier molecular flexibility index (Phi) is 3.88. The second kappa shape index (κ2) is 5.81. The summed E-state index contributed by atoms with van der Waals surface area (Å²) >= 11 is 3.47. The Morgan fingerprint density at radius 3 is 3.00 bits per heavy atom. The Hall–Kier alpha value is -1.95. The van der Waals surface area contributed by atoms with Crippen molar-refractivity contribution in [3.05, 3.63) is 40.6 Å². The maximum Gasteiger partial charge on any atom is 0.123 e. The summed E-state index contributed by atoms with van der Waals surface area (Å²) < 4.78 is 1.02. The summed E-state index contributed by atoms with van der Waals surface area (Å²) in [6.45, 7) is 0. The Morgan fingerprint density at radius 1 is 1.38 bits per heavy atom. The summed E-state index contributed by atoms with van der Waals surface area (Å²) in [5, 5.41) is 3.05. The number of aliphatic imine (C=N–C) groups is 3. The van der Waals surface area contributed by atoms with E-state index in [9.17, 15) is 0 Å². The smallest absolute Gasteiger partial charge is 0.123 e. The summed E-state index contributed by atoms with van der Waals surface area (Å²) in [4.78, 5) is 15.7. The highest BCUT2D eigenvalue weighted by Crippen LogP contribution is 2.25. The van der Waals surface area contributed by atoms with Gasteiger partial charge in [-0.3, -0.25) is 4.99 Å². The van der Waals surface area contributed by atoms with Crippen LogP contribution in [0.25, 0.3) is 0 Å². The fraction of sp³-hybridized carbons (Fsp3) is 0.267. The van der Waals surface area contributed by atoms with Crippen molar-refractivity contribution < 1.29 is 0 Å². The predicted octanol–water partition coefficient (Wildman–Crippen LogP) is 2.58. The monoisotopic (exact) mass is 345 g/mol. The molecule has 0 aromatic heterocycles. The molecule has 3 rings (SSSR count). The van der Waals surface area contributed by atoms with Crippen molar-refractivity contribution in [1.82, 2.24) is 10.2 Å². The Labute approximate surface area is 132 Å². The zero-order chi connectivity index (χ0) is 14.8. The zero-order valence-electron chi connectivity index (χ0n) is 11.9.